The molecule has 0 fully saturated rings. The Kier molecular flexibility index (Phi) is 8.36. The predicted molar refractivity (Wildman–Crippen MR) is 150 cm³/mol. The van der Waals surface area contributed by atoms with Gasteiger partial charge < -0.3 is 19.3 Å². The van der Waals surface area contributed by atoms with Crippen molar-refractivity contribution >= 4 is 56.8 Å². The molecule has 1 aliphatic heterocycles. The van der Waals surface area contributed by atoms with E-state index >= 15 is 0 Å². The molecule has 6 nitrogen and oxygen atoms in total. The van der Waals surface area contributed by atoms with E-state index < -0.39 is 11.7 Å². The zero-order valence-electron chi connectivity index (χ0n) is 20.8. The van der Waals surface area contributed by atoms with Crippen molar-refractivity contribution in [1.29, 1.82) is 0 Å². The van der Waals surface area contributed by atoms with Crippen molar-refractivity contribution in [2.24, 2.45) is 0 Å². The van der Waals surface area contributed by atoms with Gasteiger partial charge in [0.25, 0.3) is 5.91 Å². The molecule has 0 spiro atoms. The third kappa shape index (κ3) is 6.78. The number of hydrogen-bond donors (Lipinski definition) is 0. The van der Waals surface area contributed by atoms with Crippen molar-refractivity contribution in [2.45, 2.75) is 39.5 Å². The van der Waals surface area contributed by atoms with Gasteiger partial charge in [0.15, 0.2) is 0 Å². The number of anilines is 1. The molecule has 194 valence electrons. The molecule has 1 heterocycles. The van der Waals surface area contributed by atoms with Crippen molar-refractivity contribution in [2.75, 3.05) is 18.0 Å². The van der Waals surface area contributed by atoms with Gasteiger partial charge in [-0.15, -0.1) is 0 Å². The van der Waals surface area contributed by atoms with Gasteiger partial charge in [-0.2, -0.15) is 0 Å². The average molecular weight is 606 g/mol. The molecular weight excluding hydrogens is 579 g/mol. The molecule has 0 radical (unpaired) electrons. The number of amides is 2. The Morgan fingerprint density at radius 2 is 1.76 bits per heavy atom. The Hall–Kier alpha value is -2.74. The molecule has 0 saturated heterocycles. The van der Waals surface area contributed by atoms with Gasteiger partial charge >= 0.3 is 6.09 Å². The summed E-state index contributed by atoms with van der Waals surface area (Å²) in [6, 6.07) is 18.0. The van der Waals surface area contributed by atoms with E-state index in [0.29, 0.717) is 41.0 Å². The van der Waals surface area contributed by atoms with Gasteiger partial charge in [-0.25, -0.2) is 4.79 Å². The average Bonchev–Trinajstić information content (AvgIpc) is 3.02. The molecule has 0 unspecified atom stereocenters. The van der Waals surface area contributed by atoms with Crippen LogP contribution >= 0.6 is 39.1 Å². The molecule has 0 bridgehead atoms. The van der Waals surface area contributed by atoms with Crippen molar-refractivity contribution in [3.8, 4) is 5.75 Å². The van der Waals surface area contributed by atoms with Gasteiger partial charge in [0.05, 0.1) is 17.8 Å². The first kappa shape index (κ1) is 27.3. The van der Waals surface area contributed by atoms with Crippen molar-refractivity contribution in [3.63, 3.8) is 0 Å². The Morgan fingerprint density at radius 3 is 2.49 bits per heavy atom. The Bertz CT molecular complexity index is 1330. The Balaban J connectivity index is 1.62. The van der Waals surface area contributed by atoms with E-state index in [-0.39, 0.29) is 12.5 Å². The van der Waals surface area contributed by atoms with E-state index in [0.717, 1.165) is 21.3 Å². The molecule has 4 rings (SSSR count). The molecule has 0 aromatic heterocycles. The molecule has 3 aromatic carbocycles. The lowest BCUT2D eigenvalue weighted by atomic mass is 10.1. The molecular formula is C28H27BrCl2N2O4. The van der Waals surface area contributed by atoms with Crippen LogP contribution in [-0.4, -0.2) is 35.6 Å². The van der Waals surface area contributed by atoms with Crippen LogP contribution in [0.15, 0.2) is 65.1 Å². The second kappa shape index (κ2) is 11.3. The normalized spacial score (nSPS) is 13.6. The standard InChI is InChI=1S/C28H27BrCl2N2O4/c1-28(2,3)37-27(35)32-12-13-33(24-14-20(29)10-8-18(24)16-32)26(34)22-6-4-5-7-25(22)36-17-19-9-11-21(30)15-23(19)31/h4-11,14-15H,12-13,16-17H2,1-3H3. The molecule has 9 heteroatoms. The number of carbonyl (C=O) groups excluding carboxylic acids is 2. The van der Waals surface area contributed by atoms with Gasteiger partial charge in [0.2, 0.25) is 0 Å². The van der Waals surface area contributed by atoms with Gasteiger partial charge in [0.1, 0.15) is 18.0 Å². The van der Waals surface area contributed by atoms with Crippen LogP contribution in [-0.2, 0) is 17.9 Å². The second-order valence-corrected chi connectivity index (χ2v) is 11.4. The van der Waals surface area contributed by atoms with Crippen LogP contribution in [0.25, 0.3) is 0 Å². The second-order valence-electron chi connectivity index (χ2n) is 9.65. The molecule has 2 amide bonds. The number of para-hydroxylation sites is 1. The van der Waals surface area contributed by atoms with E-state index in [2.05, 4.69) is 15.9 Å². The summed E-state index contributed by atoms with van der Waals surface area (Å²) in [5, 5.41) is 1.03. The highest BCUT2D eigenvalue weighted by atomic mass is 79.9. The first-order chi connectivity index (χ1) is 17.5. The predicted octanol–water partition coefficient (Wildman–Crippen LogP) is 7.73. The van der Waals surface area contributed by atoms with Gasteiger partial charge in [0, 0.05) is 33.2 Å². The monoisotopic (exact) mass is 604 g/mol. The summed E-state index contributed by atoms with van der Waals surface area (Å²) in [6.45, 7) is 6.60. The van der Waals surface area contributed by atoms with Crippen LogP contribution in [0.1, 0.15) is 42.3 Å². The topological polar surface area (TPSA) is 59.1 Å². The summed E-state index contributed by atoms with van der Waals surface area (Å²) in [6.07, 6.45) is -0.417. The third-order valence-corrected chi connectivity index (χ3v) is 6.79. The lowest BCUT2D eigenvalue weighted by Gasteiger charge is -2.26. The lowest BCUT2D eigenvalue weighted by molar-refractivity contribution is 0.0242. The fourth-order valence-electron chi connectivity index (χ4n) is 3.95. The molecule has 0 aliphatic carbocycles. The number of carbonyl (C=O) groups is 2. The maximum Gasteiger partial charge on any atom is 0.410 e. The maximum atomic E-state index is 13.9. The highest BCUT2D eigenvalue weighted by Crippen LogP contribution is 2.32. The minimum Gasteiger partial charge on any atom is -0.488 e. The van der Waals surface area contributed by atoms with Crippen LogP contribution in [0.3, 0.4) is 0 Å². The van der Waals surface area contributed by atoms with E-state index in [1.54, 1.807) is 46.2 Å². The molecule has 3 aromatic rings. The van der Waals surface area contributed by atoms with E-state index in [9.17, 15) is 9.59 Å². The molecule has 0 N–H and O–H groups in total. The molecule has 0 saturated carbocycles. The molecule has 0 atom stereocenters. The zero-order chi connectivity index (χ0) is 26.7. The summed E-state index contributed by atoms with van der Waals surface area (Å²) < 4.78 is 12.5. The first-order valence-corrected chi connectivity index (χ1v) is 13.3. The fourth-order valence-corrected chi connectivity index (χ4v) is 4.76. The Labute approximate surface area is 235 Å². The van der Waals surface area contributed by atoms with Crippen LogP contribution in [0.4, 0.5) is 10.5 Å². The van der Waals surface area contributed by atoms with Crippen molar-refractivity contribution in [3.05, 3.63) is 91.9 Å². The van der Waals surface area contributed by atoms with Crippen molar-refractivity contribution in [1.82, 2.24) is 4.90 Å². The van der Waals surface area contributed by atoms with E-state index in [1.165, 1.54) is 0 Å². The van der Waals surface area contributed by atoms with E-state index in [1.807, 2.05) is 45.0 Å². The summed E-state index contributed by atoms with van der Waals surface area (Å²) >= 11 is 15.8. The molecule has 1 aliphatic rings. The van der Waals surface area contributed by atoms with Gasteiger partial charge in [-0.05, 0) is 62.7 Å². The molecule has 37 heavy (non-hydrogen) atoms. The highest BCUT2D eigenvalue weighted by molar-refractivity contribution is 9.10. The number of halogens is 3. The number of benzene rings is 3. The third-order valence-electron chi connectivity index (χ3n) is 5.71. The SMILES string of the molecule is CC(C)(C)OC(=O)N1CCN(C(=O)c2ccccc2OCc2ccc(Cl)cc2Cl)c2cc(Br)ccc2C1. The van der Waals surface area contributed by atoms with Crippen LogP contribution in [0.5, 0.6) is 5.75 Å². The first-order valence-electron chi connectivity index (χ1n) is 11.8. The quantitative estimate of drug-likeness (QED) is 0.305. The highest BCUT2D eigenvalue weighted by Gasteiger charge is 2.30. The summed E-state index contributed by atoms with van der Waals surface area (Å²) in [7, 11) is 0. The van der Waals surface area contributed by atoms with Gasteiger partial charge in [-0.3, -0.25) is 4.79 Å². The number of hydrogen-bond acceptors (Lipinski definition) is 4. The van der Waals surface area contributed by atoms with E-state index in [4.69, 9.17) is 32.7 Å². The number of rotatable bonds is 4. The maximum absolute atomic E-state index is 13.9. The van der Waals surface area contributed by atoms with Crippen molar-refractivity contribution < 1.29 is 19.1 Å². The van der Waals surface area contributed by atoms with Crippen LogP contribution in [0.2, 0.25) is 10.0 Å². The smallest absolute Gasteiger partial charge is 0.410 e. The van der Waals surface area contributed by atoms with Gasteiger partial charge in [-0.1, -0.05) is 63.4 Å². The fraction of sp³-hybridized carbons (Fsp3) is 0.286. The zero-order valence-corrected chi connectivity index (χ0v) is 23.9. The number of fused-ring (bicyclic) bond motifs is 1. The van der Waals surface area contributed by atoms with Crippen LogP contribution in [0, 0.1) is 0 Å². The number of ether oxygens (including phenoxy) is 2. The summed E-state index contributed by atoms with van der Waals surface area (Å²) in [5.41, 5.74) is 2.10. The Morgan fingerprint density at radius 1 is 1.00 bits per heavy atom. The summed E-state index contributed by atoms with van der Waals surface area (Å²) in [4.78, 5) is 30.1. The minimum atomic E-state index is -0.620. The minimum absolute atomic E-state index is 0.175. The number of nitrogens with zero attached hydrogens (tertiary/aromatic N) is 2. The lowest BCUT2D eigenvalue weighted by Crippen LogP contribution is -2.40. The van der Waals surface area contributed by atoms with Crippen LogP contribution < -0.4 is 9.64 Å². The summed E-state index contributed by atoms with van der Waals surface area (Å²) in [5.74, 6) is 0.200. The largest absolute Gasteiger partial charge is 0.488 e.